The number of anilines is 1. The van der Waals surface area contributed by atoms with E-state index < -0.39 is 11.4 Å². The first-order valence-electron chi connectivity index (χ1n) is 6.91. The van der Waals surface area contributed by atoms with Crippen molar-refractivity contribution in [2.24, 2.45) is 5.41 Å². The number of rotatable bonds is 3. The zero-order valence-corrected chi connectivity index (χ0v) is 12.1. The number of aromatic nitrogens is 2. The average molecular weight is 279 g/mol. The molecule has 1 aromatic heterocycles. The number of nitrogens with one attached hydrogen (secondary N) is 1. The maximum absolute atomic E-state index is 11.7. The second-order valence-corrected chi connectivity index (χ2v) is 6.03. The van der Waals surface area contributed by atoms with Gasteiger partial charge in [0.15, 0.2) is 0 Å². The minimum atomic E-state index is -0.795. The van der Waals surface area contributed by atoms with Gasteiger partial charge in [0.1, 0.15) is 11.6 Å². The lowest BCUT2D eigenvalue weighted by Gasteiger charge is -2.38. The van der Waals surface area contributed by atoms with E-state index in [2.05, 4.69) is 9.97 Å². The van der Waals surface area contributed by atoms with Crippen molar-refractivity contribution in [2.45, 2.75) is 39.5 Å². The highest BCUT2D eigenvalue weighted by Gasteiger charge is 2.38. The fourth-order valence-corrected chi connectivity index (χ4v) is 2.51. The Balaban J connectivity index is 2.32. The van der Waals surface area contributed by atoms with Gasteiger partial charge in [0.2, 0.25) is 0 Å². The third kappa shape index (κ3) is 2.84. The molecule has 2 N–H and O–H groups in total. The highest BCUT2D eigenvalue weighted by molar-refractivity contribution is 5.75. The standard InChI is InChI=1S/C14H21N3O3/c1-9(2)12-15-10(7-11(18)16-12)17-6-4-5-14(3,8-17)13(19)20/h7,9H,4-6,8H2,1-3H3,(H,19,20)(H,15,16,18). The number of nitrogens with zero attached hydrogens (tertiary/aromatic N) is 2. The van der Waals surface area contributed by atoms with Crippen LogP contribution in [0.4, 0.5) is 5.82 Å². The molecule has 2 rings (SSSR count). The van der Waals surface area contributed by atoms with Crippen LogP contribution < -0.4 is 10.5 Å². The third-order valence-electron chi connectivity index (χ3n) is 3.83. The van der Waals surface area contributed by atoms with Gasteiger partial charge in [-0.15, -0.1) is 0 Å². The molecule has 0 aliphatic carbocycles. The topological polar surface area (TPSA) is 86.3 Å². The van der Waals surface area contributed by atoms with E-state index in [1.54, 1.807) is 6.92 Å². The number of H-pyrrole nitrogens is 1. The first kappa shape index (κ1) is 14.6. The first-order chi connectivity index (χ1) is 9.32. The van der Waals surface area contributed by atoms with Crippen molar-refractivity contribution in [1.29, 1.82) is 0 Å². The zero-order valence-electron chi connectivity index (χ0n) is 12.1. The molecule has 1 unspecified atom stereocenters. The van der Waals surface area contributed by atoms with E-state index in [4.69, 9.17) is 0 Å². The zero-order chi connectivity index (χ0) is 14.9. The van der Waals surface area contributed by atoms with Gasteiger partial charge in [-0.25, -0.2) is 4.98 Å². The first-order valence-corrected chi connectivity index (χ1v) is 6.91. The summed E-state index contributed by atoms with van der Waals surface area (Å²) in [6, 6.07) is 1.44. The number of aliphatic carboxylic acids is 1. The molecule has 2 heterocycles. The van der Waals surface area contributed by atoms with Gasteiger partial charge < -0.3 is 15.0 Å². The molecule has 20 heavy (non-hydrogen) atoms. The van der Waals surface area contributed by atoms with Crippen molar-refractivity contribution in [1.82, 2.24) is 9.97 Å². The Morgan fingerprint density at radius 2 is 2.25 bits per heavy atom. The Morgan fingerprint density at radius 1 is 1.55 bits per heavy atom. The Kier molecular flexibility index (Phi) is 3.83. The predicted octanol–water partition coefficient (Wildman–Crippen LogP) is 1.58. The van der Waals surface area contributed by atoms with E-state index in [9.17, 15) is 14.7 Å². The van der Waals surface area contributed by atoms with E-state index in [0.717, 1.165) is 13.0 Å². The van der Waals surface area contributed by atoms with Crippen LogP contribution in [0.15, 0.2) is 10.9 Å². The summed E-state index contributed by atoms with van der Waals surface area (Å²) in [6.07, 6.45) is 1.44. The number of hydrogen-bond donors (Lipinski definition) is 2. The number of piperidine rings is 1. The smallest absolute Gasteiger partial charge is 0.311 e. The molecule has 0 radical (unpaired) electrons. The fraction of sp³-hybridized carbons (Fsp3) is 0.643. The Bertz CT molecular complexity index is 567. The normalized spacial score (nSPS) is 23.1. The molecular formula is C14H21N3O3. The van der Waals surface area contributed by atoms with Gasteiger partial charge in [-0.2, -0.15) is 0 Å². The van der Waals surface area contributed by atoms with Gasteiger partial charge in [-0.3, -0.25) is 9.59 Å². The average Bonchev–Trinajstić information content (AvgIpc) is 2.38. The minimum Gasteiger partial charge on any atom is -0.481 e. The summed E-state index contributed by atoms with van der Waals surface area (Å²) in [5.74, 6) is 0.536. The maximum Gasteiger partial charge on any atom is 0.311 e. The molecule has 1 atom stereocenters. The molecule has 0 amide bonds. The number of carbonyl (C=O) groups is 1. The second-order valence-electron chi connectivity index (χ2n) is 6.03. The van der Waals surface area contributed by atoms with Crippen LogP contribution in [-0.4, -0.2) is 34.1 Å². The summed E-state index contributed by atoms with van der Waals surface area (Å²) in [6.45, 7) is 6.78. The summed E-state index contributed by atoms with van der Waals surface area (Å²) in [7, 11) is 0. The van der Waals surface area contributed by atoms with Crippen LogP contribution in [0.25, 0.3) is 0 Å². The maximum atomic E-state index is 11.7. The van der Waals surface area contributed by atoms with Crippen LogP contribution in [0.5, 0.6) is 0 Å². The monoisotopic (exact) mass is 279 g/mol. The molecule has 110 valence electrons. The molecule has 6 heteroatoms. The fourth-order valence-electron chi connectivity index (χ4n) is 2.51. The van der Waals surface area contributed by atoms with Crippen molar-refractivity contribution < 1.29 is 9.90 Å². The molecule has 1 fully saturated rings. The molecule has 1 saturated heterocycles. The van der Waals surface area contributed by atoms with Crippen LogP contribution in [0.3, 0.4) is 0 Å². The number of aromatic amines is 1. The minimum absolute atomic E-state index is 0.123. The molecule has 0 bridgehead atoms. The van der Waals surface area contributed by atoms with Gasteiger partial charge >= 0.3 is 5.97 Å². The van der Waals surface area contributed by atoms with Gasteiger partial charge in [0.25, 0.3) is 5.56 Å². The van der Waals surface area contributed by atoms with Crippen molar-refractivity contribution in [2.75, 3.05) is 18.0 Å². The van der Waals surface area contributed by atoms with E-state index in [1.807, 2.05) is 18.7 Å². The number of hydrogen-bond acceptors (Lipinski definition) is 4. The Labute approximate surface area is 117 Å². The molecule has 1 aromatic rings. The molecular weight excluding hydrogens is 258 g/mol. The van der Waals surface area contributed by atoms with E-state index in [-0.39, 0.29) is 11.5 Å². The Morgan fingerprint density at radius 3 is 2.85 bits per heavy atom. The lowest BCUT2D eigenvalue weighted by Crippen LogP contribution is -2.46. The molecule has 0 aromatic carbocycles. The third-order valence-corrected chi connectivity index (χ3v) is 3.83. The summed E-state index contributed by atoms with van der Waals surface area (Å²) < 4.78 is 0. The van der Waals surface area contributed by atoms with Gasteiger partial charge in [0, 0.05) is 25.1 Å². The predicted molar refractivity (Wildman–Crippen MR) is 76.1 cm³/mol. The van der Waals surface area contributed by atoms with E-state index >= 15 is 0 Å². The molecule has 6 nitrogen and oxygen atoms in total. The van der Waals surface area contributed by atoms with Crippen LogP contribution in [0.2, 0.25) is 0 Å². The lowest BCUT2D eigenvalue weighted by molar-refractivity contribution is -0.148. The second kappa shape index (κ2) is 5.26. The van der Waals surface area contributed by atoms with Gasteiger partial charge in [0.05, 0.1) is 5.41 Å². The van der Waals surface area contributed by atoms with Gasteiger partial charge in [-0.1, -0.05) is 13.8 Å². The molecule has 0 spiro atoms. The number of carboxylic acid groups (broad SMARTS) is 1. The summed E-state index contributed by atoms with van der Waals surface area (Å²) in [4.78, 5) is 32.2. The van der Waals surface area contributed by atoms with Crippen LogP contribution in [0.1, 0.15) is 45.4 Å². The van der Waals surface area contributed by atoms with Crippen molar-refractivity contribution >= 4 is 11.8 Å². The quantitative estimate of drug-likeness (QED) is 0.877. The van der Waals surface area contributed by atoms with Crippen LogP contribution >= 0.6 is 0 Å². The molecule has 1 aliphatic rings. The van der Waals surface area contributed by atoms with Gasteiger partial charge in [-0.05, 0) is 19.8 Å². The summed E-state index contributed by atoms with van der Waals surface area (Å²) in [5.41, 5.74) is -0.970. The van der Waals surface area contributed by atoms with Crippen molar-refractivity contribution in [3.63, 3.8) is 0 Å². The summed E-state index contributed by atoms with van der Waals surface area (Å²) in [5, 5.41) is 9.34. The van der Waals surface area contributed by atoms with Crippen molar-refractivity contribution in [3.05, 3.63) is 22.2 Å². The Hall–Kier alpha value is -1.85. The van der Waals surface area contributed by atoms with Crippen molar-refractivity contribution in [3.8, 4) is 0 Å². The molecule has 1 aliphatic heterocycles. The highest BCUT2D eigenvalue weighted by atomic mass is 16.4. The SMILES string of the molecule is CC(C)c1nc(N2CCCC(C)(C(=O)O)C2)cc(=O)[nH]1. The summed E-state index contributed by atoms with van der Waals surface area (Å²) >= 11 is 0. The number of carboxylic acids is 1. The largest absolute Gasteiger partial charge is 0.481 e. The van der Waals surface area contributed by atoms with Crippen LogP contribution in [0, 0.1) is 5.41 Å². The van der Waals surface area contributed by atoms with E-state index in [0.29, 0.717) is 24.6 Å². The lowest BCUT2D eigenvalue weighted by atomic mass is 9.82. The molecule has 0 saturated carbocycles. The van der Waals surface area contributed by atoms with Crippen LogP contribution in [-0.2, 0) is 4.79 Å². The highest BCUT2D eigenvalue weighted by Crippen LogP contribution is 2.31. The van der Waals surface area contributed by atoms with E-state index in [1.165, 1.54) is 6.07 Å².